The van der Waals surface area contributed by atoms with Crippen molar-refractivity contribution < 1.29 is 9.53 Å². The molecule has 0 aliphatic heterocycles. The normalized spacial score (nSPS) is 12.2. The molecule has 1 aromatic carbocycles. The summed E-state index contributed by atoms with van der Waals surface area (Å²) in [5.41, 5.74) is 0.870. The van der Waals surface area contributed by atoms with Crippen LogP contribution in [0.1, 0.15) is 33.7 Å². The van der Waals surface area contributed by atoms with E-state index in [1.54, 1.807) is 24.1 Å². The van der Waals surface area contributed by atoms with Crippen LogP contribution in [0.4, 0.5) is 5.82 Å². The molecular weight excluding hydrogens is 388 g/mol. The Morgan fingerprint density at radius 1 is 1.21 bits per heavy atom. The Morgan fingerprint density at radius 3 is 2.66 bits per heavy atom. The van der Waals surface area contributed by atoms with E-state index in [2.05, 4.69) is 20.6 Å². The lowest BCUT2D eigenvalue weighted by molar-refractivity contribution is -0.115. The zero-order valence-electron chi connectivity index (χ0n) is 17.3. The number of hydrogen-bond donors (Lipinski definition) is 1. The second kappa shape index (κ2) is 9.13. The summed E-state index contributed by atoms with van der Waals surface area (Å²) in [5, 5.41) is 16.2. The van der Waals surface area contributed by atoms with Gasteiger partial charge in [0.1, 0.15) is 11.6 Å². The van der Waals surface area contributed by atoms with Gasteiger partial charge >= 0.3 is 0 Å². The lowest BCUT2D eigenvalue weighted by atomic mass is 10.2. The van der Waals surface area contributed by atoms with Crippen molar-refractivity contribution in [3.05, 3.63) is 36.5 Å². The first-order valence-electron chi connectivity index (χ1n) is 9.53. The third-order valence-electron chi connectivity index (χ3n) is 4.44. The Bertz CT molecular complexity index is 981. The number of hydrogen-bond acceptors (Lipinski definition) is 6. The van der Waals surface area contributed by atoms with Crippen LogP contribution in [0.3, 0.4) is 0 Å². The second-order valence-electron chi connectivity index (χ2n) is 6.75. The number of nitrogens with zero attached hydrogens (tertiary/aromatic N) is 5. The monoisotopic (exact) mass is 414 g/mol. The van der Waals surface area contributed by atoms with Gasteiger partial charge in [-0.2, -0.15) is 5.10 Å². The molecule has 3 aromatic rings. The van der Waals surface area contributed by atoms with E-state index in [9.17, 15) is 4.79 Å². The molecule has 29 heavy (non-hydrogen) atoms. The summed E-state index contributed by atoms with van der Waals surface area (Å²) >= 11 is 1.37. The van der Waals surface area contributed by atoms with Crippen LogP contribution in [-0.2, 0) is 11.3 Å². The Labute approximate surface area is 174 Å². The molecule has 3 rings (SSSR count). The summed E-state index contributed by atoms with van der Waals surface area (Å²) in [6.45, 7) is 8.59. The van der Waals surface area contributed by atoms with Crippen molar-refractivity contribution in [2.24, 2.45) is 0 Å². The number of methoxy groups -OCH3 is 1. The summed E-state index contributed by atoms with van der Waals surface area (Å²) in [6, 6.07) is 9.66. The number of carbonyl (C=O) groups excluding carboxylic acids is 1. The molecule has 0 aliphatic carbocycles. The first-order valence-corrected chi connectivity index (χ1v) is 10.4. The highest BCUT2D eigenvalue weighted by Gasteiger charge is 2.22. The Kier molecular flexibility index (Phi) is 6.58. The standard InChI is InChI=1S/C20H26N6O2S/c1-6-25-18(15-9-7-8-10-16(15)28-5)23-24-20(25)29-14(4)19(27)22-17-11-12-21-26(17)13(2)3/h7-14H,6H2,1-5H3,(H,22,27). The van der Waals surface area contributed by atoms with E-state index in [1.165, 1.54) is 11.8 Å². The number of para-hydroxylation sites is 1. The van der Waals surface area contributed by atoms with E-state index in [4.69, 9.17) is 4.74 Å². The molecule has 0 saturated carbocycles. The van der Waals surface area contributed by atoms with Gasteiger partial charge in [-0.25, -0.2) is 4.68 Å². The molecule has 1 atom stereocenters. The summed E-state index contributed by atoms with van der Waals surface area (Å²) in [6.07, 6.45) is 1.68. The Balaban J connectivity index is 1.78. The highest BCUT2D eigenvalue weighted by atomic mass is 32.2. The smallest absolute Gasteiger partial charge is 0.238 e. The fourth-order valence-corrected chi connectivity index (χ4v) is 3.87. The highest BCUT2D eigenvalue weighted by Crippen LogP contribution is 2.32. The number of carbonyl (C=O) groups is 1. The van der Waals surface area contributed by atoms with Gasteiger partial charge in [0.25, 0.3) is 0 Å². The molecular formula is C20H26N6O2S. The van der Waals surface area contributed by atoms with E-state index >= 15 is 0 Å². The number of amides is 1. The largest absolute Gasteiger partial charge is 0.496 e. The number of rotatable bonds is 8. The molecule has 0 saturated heterocycles. The van der Waals surface area contributed by atoms with Gasteiger partial charge in [-0.05, 0) is 39.8 Å². The van der Waals surface area contributed by atoms with Crippen LogP contribution in [0.5, 0.6) is 5.75 Å². The Hall–Kier alpha value is -2.81. The van der Waals surface area contributed by atoms with Gasteiger partial charge in [0.2, 0.25) is 5.91 Å². The first kappa shape index (κ1) is 20.9. The zero-order chi connectivity index (χ0) is 21.0. The maximum absolute atomic E-state index is 12.7. The number of aromatic nitrogens is 5. The topological polar surface area (TPSA) is 86.9 Å². The predicted molar refractivity (Wildman–Crippen MR) is 114 cm³/mol. The molecule has 0 radical (unpaired) electrons. The van der Waals surface area contributed by atoms with E-state index in [0.29, 0.717) is 17.5 Å². The third kappa shape index (κ3) is 4.45. The molecule has 0 spiro atoms. The average molecular weight is 415 g/mol. The van der Waals surface area contributed by atoms with Gasteiger partial charge in [-0.3, -0.25) is 4.79 Å². The third-order valence-corrected chi connectivity index (χ3v) is 5.52. The SMILES string of the molecule is CCn1c(SC(C)C(=O)Nc2ccnn2C(C)C)nnc1-c1ccccc1OC. The zero-order valence-corrected chi connectivity index (χ0v) is 18.1. The van der Waals surface area contributed by atoms with Crippen molar-refractivity contribution in [1.29, 1.82) is 0 Å². The fourth-order valence-electron chi connectivity index (χ4n) is 2.95. The maximum Gasteiger partial charge on any atom is 0.238 e. The van der Waals surface area contributed by atoms with Crippen molar-refractivity contribution in [2.45, 2.75) is 50.7 Å². The molecule has 2 heterocycles. The molecule has 9 heteroatoms. The minimum absolute atomic E-state index is 0.109. The van der Waals surface area contributed by atoms with Crippen LogP contribution >= 0.6 is 11.8 Å². The number of anilines is 1. The van der Waals surface area contributed by atoms with Gasteiger partial charge in [-0.1, -0.05) is 23.9 Å². The predicted octanol–water partition coefficient (Wildman–Crippen LogP) is 3.87. The van der Waals surface area contributed by atoms with Crippen molar-refractivity contribution in [1.82, 2.24) is 24.5 Å². The van der Waals surface area contributed by atoms with Gasteiger partial charge in [0.05, 0.1) is 24.1 Å². The minimum atomic E-state index is -0.356. The van der Waals surface area contributed by atoms with E-state index in [1.807, 2.05) is 56.5 Å². The van der Waals surface area contributed by atoms with Crippen LogP contribution in [0, 0.1) is 0 Å². The van der Waals surface area contributed by atoms with Gasteiger partial charge in [0, 0.05) is 18.7 Å². The molecule has 1 N–H and O–H groups in total. The molecule has 0 bridgehead atoms. The highest BCUT2D eigenvalue weighted by molar-refractivity contribution is 8.00. The van der Waals surface area contributed by atoms with Crippen molar-refractivity contribution in [3.8, 4) is 17.1 Å². The van der Waals surface area contributed by atoms with Gasteiger partial charge in [-0.15, -0.1) is 10.2 Å². The first-order chi connectivity index (χ1) is 14.0. The van der Waals surface area contributed by atoms with E-state index in [-0.39, 0.29) is 17.2 Å². The number of nitrogens with one attached hydrogen (secondary N) is 1. The lowest BCUT2D eigenvalue weighted by Crippen LogP contribution is -2.25. The summed E-state index contributed by atoms with van der Waals surface area (Å²) in [5.74, 6) is 2.03. The molecule has 0 fully saturated rings. The number of ether oxygens (including phenoxy) is 1. The molecule has 2 aromatic heterocycles. The van der Waals surface area contributed by atoms with Crippen LogP contribution in [0.2, 0.25) is 0 Å². The quantitative estimate of drug-likeness (QED) is 0.563. The van der Waals surface area contributed by atoms with Gasteiger partial charge in [0.15, 0.2) is 11.0 Å². The molecule has 154 valence electrons. The molecule has 0 aliphatic rings. The van der Waals surface area contributed by atoms with E-state index in [0.717, 1.165) is 17.1 Å². The molecule has 8 nitrogen and oxygen atoms in total. The minimum Gasteiger partial charge on any atom is -0.496 e. The molecule has 1 unspecified atom stereocenters. The Morgan fingerprint density at radius 2 is 1.97 bits per heavy atom. The van der Waals surface area contributed by atoms with Crippen LogP contribution in [-0.4, -0.2) is 42.8 Å². The van der Waals surface area contributed by atoms with Crippen molar-refractivity contribution in [3.63, 3.8) is 0 Å². The lowest BCUT2D eigenvalue weighted by Gasteiger charge is -2.15. The fraction of sp³-hybridized carbons (Fsp3) is 0.400. The van der Waals surface area contributed by atoms with E-state index < -0.39 is 0 Å². The second-order valence-corrected chi connectivity index (χ2v) is 8.06. The van der Waals surface area contributed by atoms with Crippen molar-refractivity contribution in [2.75, 3.05) is 12.4 Å². The van der Waals surface area contributed by atoms with Crippen LogP contribution < -0.4 is 10.1 Å². The van der Waals surface area contributed by atoms with Gasteiger partial charge < -0.3 is 14.6 Å². The maximum atomic E-state index is 12.7. The summed E-state index contributed by atoms with van der Waals surface area (Å²) < 4.78 is 9.23. The number of thioether (sulfide) groups is 1. The van der Waals surface area contributed by atoms with Crippen LogP contribution in [0.15, 0.2) is 41.7 Å². The summed E-state index contributed by atoms with van der Waals surface area (Å²) in [4.78, 5) is 12.7. The average Bonchev–Trinajstić information content (AvgIpc) is 3.34. The number of benzene rings is 1. The van der Waals surface area contributed by atoms with Crippen molar-refractivity contribution >= 4 is 23.5 Å². The summed E-state index contributed by atoms with van der Waals surface area (Å²) in [7, 11) is 1.63. The van der Waals surface area contributed by atoms with Crippen LogP contribution in [0.25, 0.3) is 11.4 Å². The molecule has 1 amide bonds.